The molecule has 0 aliphatic heterocycles. The number of nitriles is 1. The monoisotopic (exact) mass is 218 g/mol. The number of nitrogens with zero attached hydrogens (tertiary/aromatic N) is 2. The summed E-state index contributed by atoms with van der Waals surface area (Å²) in [6.45, 7) is -2.96. The summed E-state index contributed by atoms with van der Waals surface area (Å²) < 4.78 is 27.6. The van der Waals surface area contributed by atoms with Gasteiger partial charge in [-0.3, -0.25) is 0 Å². The standard InChI is InChI=1S/C8H5ClF2N2O/c9-6-3-5(1-2-12)4-13-7(6)14-8(10)11/h3-4,8H,1H2. The maximum absolute atomic E-state index is 11.8. The quantitative estimate of drug-likeness (QED) is 0.783. The summed E-state index contributed by atoms with van der Waals surface area (Å²) >= 11 is 5.58. The summed E-state index contributed by atoms with van der Waals surface area (Å²) in [5.74, 6) is -0.330. The Balaban J connectivity index is 2.85. The molecule has 0 aliphatic rings. The highest BCUT2D eigenvalue weighted by Gasteiger charge is 2.10. The van der Waals surface area contributed by atoms with E-state index in [-0.39, 0.29) is 17.3 Å². The molecule has 1 rings (SSSR count). The Hall–Kier alpha value is -1.41. The Kier molecular flexibility index (Phi) is 3.60. The predicted octanol–water partition coefficient (Wildman–Crippen LogP) is 2.40. The molecule has 0 saturated heterocycles. The van der Waals surface area contributed by atoms with Gasteiger partial charge in [-0.1, -0.05) is 11.6 Å². The van der Waals surface area contributed by atoms with Gasteiger partial charge in [0.2, 0.25) is 5.88 Å². The summed E-state index contributed by atoms with van der Waals surface area (Å²) in [6, 6.07) is 3.25. The Morgan fingerprint density at radius 3 is 2.86 bits per heavy atom. The van der Waals surface area contributed by atoms with Crippen LogP contribution in [0.25, 0.3) is 0 Å². The topological polar surface area (TPSA) is 45.9 Å². The van der Waals surface area contributed by atoms with Crippen molar-refractivity contribution in [3.63, 3.8) is 0 Å². The number of aromatic nitrogens is 1. The number of hydrogen-bond acceptors (Lipinski definition) is 3. The van der Waals surface area contributed by atoms with Crippen molar-refractivity contribution in [3.8, 4) is 11.9 Å². The van der Waals surface area contributed by atoms with Crippen LogP contribution in [0.1, 0.15) is 5.56 Å². The second kappa shape index (κ2) is 4.72. The van der Waals surface area contributed by atoms with Crippen LogP contribution >= 0.6 is 11.6 Å². The first-order chi connectivity index (χ1) is 6.63. The highest BCUT2D eigenvalue weighted by Crippen LogP contribution is 2.23. The van der Waals surface area contributed by atoms with Crippen molar-refractivity contribution >= 4 is 11.6 Å². The molecule has 0 aromatic carbocycles. The number of alkyl halides is 2. The van der Waals surface area contributed by atoms with Gasteiger partial charge in [0.1, 0.15) is 5.02 Å². The van der Waals surface area contributed by atoms with Gasteiger partial charge in [-0.25, -0.2) is 4.98 Å². The molecule has 0 aliphatic carbocycles. The van der Waals surface area contributed by atoms with Gasteiger partial charge < -0.3 is 4.74 Å². The molecule has 1 aromatic rings. The van der Waals surface area contributed by atoms with Crippen molar-refractivity contribution in [2.75, 3.05) is 0 Å². The third-order valence-electron chi connectivity index (χ3n) is 1.35. The van der Waals surface area contributed by atoms with Gasteiger partial charge in [-0.2, -0.15) is 14.0 Å². The van der Waals surface area contributed by atoms with Crippen molar-refractivity contribution in [1.29, 1.82) is 5.26 Å². The summed E-state index contributed by atoms with van der Waals surface area (Å²) in [6.07, 6.45) is 1.40. The van der Waals surface area contributed by atoms with Crippen molar-refractivity contribution in [1.82, 2.24) is 4.98 Å². The van der Waals surface area contributed by atoms with E-state index in [4.69, 9.17) is 16.9 Å². The minimum Gasteiger partial charge on any atom is -0.415 e. The minimum atomic E-state index is -2.96. The summed E-state index contributed by atoms with van der Waals surface area (Å²) in [5.41, 5.74) is 0.555. The van der Waals surface area contributed by atoms with Crippen molar-refractivity contribution in [2.24, 2.45) is 0 Å². The van der Waals surface area contributed by atoms with Gasteiger partial charge in [0, 0.05) is 6.20 Å². The van der Waals surface area contributed by atoms with Crippen molar-refractivity contribution in [3.05, 3.63) is 22.8 Å². The largest absolute Gasteiger partial charge is 0.415 e. The second-order valence-corrected chi connectivity index (χ2v) is 2.75. The Morgan fingerprint density at radius 2 is 2.36 bits per heavy atom. The molecule has 1 heterocycles. The molecule has 0 saturated carbocycles. The zero-order valence-corrected chi connectivity index (χ0v) is 7.63. The third kappa shape index (κ3) is 2.82. The van der Waals surface area contributed by atoms with Crippen LogP contribution in [0.4, 0.5) is 8.78 Å². The first-order valence-corrected chi connectivity index (χ1v) is 3.97. The Morgan fingerprint density at radius 1 is 1.64 bits per heavy atom. The first kappa shape index (κ1) is 10.7. The molecular weight excluding hydrogens is 214 g/mol. The fourth-order valence-electron chi connectivity index (χ4n) is 0.824. The lowest BCUT2D eigenvalue weighted by molar-refractivity contribution is -0.0528. The predicted molar refractivity (Wildman–Crippen MR) is 45.2 cm³/mol. The number of pyridine rings is 1. The van der Waals surface area contributed by atoms with Crippen LogP contribution in [-0.4, -0.2) is 11.6 Å². The summed E-state index contributed by atoms with van der Waals surface area (Å²) in [4.78, 5) is 3.55. The van der Waals surface area contributed by atoms with E-state index in [2.05, 4.69) is 9.72 Å². The van der Waals surface area contributed by atoms with E-state index in [0.29, 0.717) is 5.56 Å². The van der Waals surface area contributed by atoms with Crippen molar-refractivity contribution in [2.45, 2.75) is 13.0 Å². The summed E-state index contributed by atoms with van der Waals surface area (Å²) in [5, 5.41) is 8.32. The van der Waals surface area contributed by atoms with Crippen LogP contribution in [0.5, 0.6) is 5.88 Å². The average Bonchev–Trinajstić information content (AvgIpc) is 2.10. The molecule has 0 unspecified atom stereocenters. The number of rotatable bonds is 3. The van der Waals surface area contributed by atoms with Gasteiger partial charge in [0.25, 0.3) is 0 Å². The average molecular weight is 219 g/mol. The fourth-order valence-corrected chi connectivity index (χ4v) is 1.06. The van der Waals surface area contributed by atoms with Crippen LogP contribution < -0.4 is 4.74 Å². The zero-order chi connectivity index (χ0) is 10.6. The molecule has 0 bridgehead atoms. The Labute approximate surface area is 83.9 Å². The first-order valence-electron chi connectivity index (χ1n) is 3.59. The van der Waals surface area contributed by atoms with Crippen LogP contribution in [0.3, 0.4) is 0 Å². The van der Waals surface area contributed by atoms with Crippen LogP contribution in [0, 0.1) is 11.3 Å². The number of ether oxygens (including phenoxy) is 1. The molecule has 14 heavy (non-hydrogen) atoms. The lowest BCUT2D eigenvalue weighted by Gasteiger charge is -2.05. The summed E-state index contributed by atoms with van der Waals surface area (Å²) in [7, 11) is 0. The van der Waals surface area contributed by atoms with E-state index in [1.807, 2.05) is 6.07 Å². The van der Waals surface area contributed by atoms with E-state index < -0.39 is 6.61 Å². The number of halogens is 3. The Bertz CT molecular complexity index is 365. The van der Waals surface area contributed by atoms with Crippen molar-refractivity contribution < 1.29 is 13.5 Å². The van der Waals surface area contributed by atoms with E-state index in [1.165, 1.54) is 12.3 Å². The van der Waals surface area contributed by atoms with Gasteiger partial charge in [-0.15, -0.1) is 0 Å². The smallest absolute Gasteiger partial charge is 0.388 e. The van der Waals surface area contributed by atoms with Gasteiger partial charge in [0.05, 0.1) is 12.5 Å². The maximum atomic E-state index is 11.8. The van der Waals surface area contributed by atoms with Crippen LogP contribution in [-0.2, 0) is 6.42 Å². The lowest BCUT2D eigenvalue weighted by Crippen LogP contribution is -2.04. The minimum absolute atomic E-state index is 0.0296. The SMILES string of the molecule is N#CCc1cnc(OC(F)F)c(Cl)c1. The molecule has 0 radical (unpaired) electrons. The van der Waals surface area contributed by atoms with E-state index >= 15 is 0 Å². The molecular formula is C8H5ClF2N2O. The number of hydrogen-bond donors (Lipinski definition) is 0. The molecule has 74 valence electrons. The van der Waals surface area contributed by atoms with Gasteiger partial charge in [0.15, 0.2) is 0 Å². The molecule has 0 fully saturated rings. The van der Waals surface area contributed by atoms with E-state index in [9.17, 15) is 8.78 Å². The normalized spacial score (nSPS) is 9.93. The fraction of sp³-hybridized carbons (Fsp3) is 0.250. The molecule has 1 aromatic heterocycles. The van der Waals surface area contributed by atoms with Gasteiger partial charge >= 0.3 is 6.61 Å². The van der Waals surface area contributed by atoms with E-state index in [0.717, 1.165) is 0 Å². The highest BCUT2D eigenvalue weighted by molar-refractivity contribution is 6.31. The molecule has 0 N–H and O–H groups in total. The van der Waals surface area contributed by atoms with E-state index in [1.54, 1.807) is 0 Å². The lowest BCUT2D eigenvalue weighted by atomic mass is 10.2. The van der Waals surface area contributed by atoms with Crippen LogP contribution in [0.2, 0.25) is 5.02 Å². The molecule has 0 amide bonds. The molecule has 6 heteroatoms. The molecule has 3 nitrogen and oxygen atoms in total. The maximum Gasteiger partial charge on any atom is 0.388 e. The molecule has 0 spiro atoms. The second-order valence-electron chi connectivity index (χ2n) is 2.34. The van der Waals surface area contributed by atoms with Gasteiger partial charge in [-0.05, 0) is 11.6 Å². The highest BCUT2D eigenvalue weighted by atomic mass is 35.5. The molecule has 0 atom stereocenters. The third-order valence-corrected chi connectivity index (χ3v) is 1.62. The zero-order valence-electron chi connectivity index (χ0n) is 6.88. The van der Waals surface area contributed by atoms with Crippen LogP contribution in [0.15, 0.2) is 12.3 Å².